The summed E-state index contributed by atoms with van der Waals surface area (Å²) in [5.41, 5.74) is 0.867. The van der Waals surface area contributed by atoms with Gasteiger partial charge >= 0.3 is 6.09 Å². The van der Waals surface area contributed by atoms with E-state index in [1.807, 2.05) is 37.4 Å². The van der Waals surface area contributed by atoms with E-state index in [2.05, 4.69) is 41.9 Å². The molecule has 1 aliphatic heterocycles. The molecule has 1 unspecified atom stereocenters. The lowest BCUT2D eigenvalue weighted by Gasteiger charge is -2.43. The zero-order valence-corrected chi connectivity index (χ0v) is 18.7. The third kappa shape index (κ3) is 6.09. The van der Waals surface area contributed by atoms with Crippen molar-refractivity contribution in [1.29, 1.82) is 0 Å². The van der Waals surface area contributed by atoms with Crippen molar-refractivity contribution >= 4 is 29.8 Å². The molecule has 0 bridgehead atoms. The number of ether oxygens (including phenoxy) is 1. The zero-order chi connectivity index (χ0) is 22.1. The van der Waals surface area contributed by atoms with Crippen LogP contribution in [0.15, 0.2) is 65.4 Å². The summed E-state index contributed by atoms with van der Waals surface area (Å²) >= 11 is 5.99. The van der Waals surface area contributed by atoms with Crippen molar-refractivity contribution in [3.63, 3.8) is 0 Å². The molecule has 0 saturated carbocycles. The molecule has 1 aromatic carbocycles. The Labute approximate surface area is 189 Å². The summed E-state index contributed by atoms with van der Waals surface area (Å²) in [5, 5.41) is 11.2. The van der Waals surface area contributed by atoms with E-state index in [4.69, 9.17) is 21.4 Å². The fourth-order valence-electron chi connectivity index (χ4n) is 4.04. The lowest BCUT2D eigenvalue weighted by molar-refractivity contribution is 0.0762. The number of carbonyl (C=O) groups is 1. The Kier molecular flexibility index (Phi) is 8.10. The number of nitrogens with zero attached hydrogens (tertiary/aromatic N) is 4. The number of allylic oxidation sites excluding steroid dienone is 4. The monoisotopic (exact) mass is 440 g/mol. The second-order valence-electron chi connectivity index (χ2n) is 7.73. The van der Waals surface area contributed by atoms with Gasteiger partial charge in [-0.2, -0.15) is 10.2 Å². The van der Waals surface area contributed by atoms with Crippen LogP contribution < -0.4 is 0 Å². The molecule has 7 heteroatoms. The molecule has 1 aliphatic carbocycles. The first-order chi connectivity index (χ1) is 15.1. The van der Waals surface area contributed by atoms with Crippen molar-refractivity contribution in [3.8, 4) is 0 Å². The van der Waals surface area contributed by atoms with Crippen molar-refractivity contribution in [3.05, 3.63) is 65.7 Å². The van der Waals surface area contributed by atoms with Gasteiger partial charge in [0.1, 0.15) is 0 Å². The Bertz CT molecular complexity index is 879. The number of rotatable bonds is 7. The molecule has 0 radical (unpaired) electrons. The van der Waals surface area contributed by atoms with Gasteiger partial charge < -0.3 is 9.64 Å². The summed E-state index contributed by atoms with van der Waals surface area (Å²) in [6, 6.07) is 7.60. The molecule has 164 valence electrons. The van der Waals surface area contributed by atoms with Gasteiger partial charge in [0.15, 0.2) is 0 Å². The fraction of sp³-hybridized carbons (Fsp3) is 0.417. The molecule has 1 atom stereocenters. The average Bonchev–Trinajstić information content (AvgIpc) is 2.80. The van der Waals surface area contributed by atoms with Gasteiger partial charge in [0, 0.05) is 35.6 Å². The van der Waals surface area contributed by atoms with E-state index in [1.165, 1.54) is 0 Å². The summed E-state index contributed by atoms with van der Waals surface area (Å²) in [4.78, 5) is 13.9. The van der Waals surface area contributed by atoms with Gasteiger partial charge in [-0.15, -0.1) is 5.10 Å². The number of amides is 1. The minimum absolute atomic E-state index is 0.167. The molecule has 0 N–H and O–H groups in total. The number of hydrazone groups is 2. The highest BCUT2D eigenvalue weighted by Gasteiger charge is 2.40. The first-order valence-electron chi connectivity index (χ1n) is 10.6. The number of likely N-dealkylation sites (tertiary alicyclic amines) is 1. The normalized spacial score (nSPS) is 19.8. The third-order valence-electron chi connectivity index (χ3n) is 5.81. The van der Waals surface area contributed by atoms with Crippen LogP contribution in [0.5, 0.6) is 0 Å². The topological polar surface area (TPSA) is 57.5 Å². The summed E-state index contributed by atoms with van der Waals surface area (Å²) in [6.07, 6.45) is 12.9. The van der Waals surface area contributed by atoms with Crippen molar-refractivity contribution in [2.45, 2.75) is 32.7 Å². The zero-order valence-electron chi connectivity index (χ0n) is 17.9. The minimum atomic E-state index is -0.243. The maximum absolute atomic E-state index is 12.2. The van der Waals surface area contributed by atoms with Gasteiger partial charge in [0.2, 0.25) is 0 Å². The number of hydrogen-bond acceptors (Lipinski definition) is 5. The first-order valence-corrected chi connectivity index (χ1v) is 11.0. The van der Waals surface area contributed by atoms with Crippen molar-refractivity contribution in [1.82, 2.24) is 10.0 Å². The average molecular weight is 441 g/mol. The lowest BCUT2D eigenvalue weighted by atomic mass is 9.67. The standard InChI is InChI=1S/C24H29ClN4O2/c1-3-26-29(18-20-10-12-22(25)13-11-20)27-19-24(21-8-6-5-7-9-21)14-16-28(17-15-24)23(30)31-4-2/h5-8,10-13,19,21H,1,4,9,14-18H2,2H3/b27-19+. The van der Waals surface area contributed by atoms with E-state index in [1.54, 1.807) is 10.0 Å². The second-order valence-corrected chi connectivity index (χ2v) is 8.17. The van der Waals surface area contributed by atoms with Crippen LogP contribution in [-0.2, 0) is 11.3 Å². The predicted octanol–water partition coefficient (Wildman–Crippen LogP) is 5.27. The van der Waals surface area contributed by atoms with Crippen LogP contribution in [0, 0.1) is 11.3 Å². The summed E-state index contributed by atoms with van der Waals surface area (Å²) in [6.45, 7) is 7.58. The molecule has 6 nitrogen and oxygen atoms in total. The van der Waals surface area contributed by atoms with E-state index in [9.17, 15) is 4.79 Å². The first kappa shape index (κ1) is 22.9. The molecule has 3 rings (SSSR count). The number of hydrogen-bond donors (Lipinski definition) is 0. The highest BCUT2D eigenvalue weighted by Crippen LogP contribution is 2.41. The van der Waals surface area contributed by atoms with Gasteiger partial charge in [0.25, 0.3) is 0 Å². The van der Waals surface area contributed by atoms with E-state index in [0.717, 1.165) is 24.8 Å². The van der Waals surface area contributed by atoms with Crippen molar-refractivity contribution in [2.24, 2.45) is 21.5 Å². The summed E-state index contributed by atoms with van der Waals surface area (Å²) in [5.74, 6) is 2.90. The van der Waals surface area contributed by atoms with E-state index in [0.29, 0.717) is 37.2 Å². The van der Waals surface area contributed by atoms with Gasteiger partial charge in [-0.3, -0.25) is 0 Å². The molecular formula is C24H29ClN4O2. The second kappa shape index (κ2) is 11.0. The third-order valence-corrected chi connectivity index (χ3v) is 6.06. The van der Waals surface area contributed by atoms with Crippen LogP contribution >= 0.6 is 11.6 Å². The SMILES string of the molecule is C=C=NN(Cc1ccc(Cl)cc1)/N=C/C1(C2C=CC=CC2)CCN(C(=O)OCC)CC1. The molecule has 0 spiro atoms. The van der Waals surface area contributed by atoms with E-state index in [-0.39, 0.29) is 11.5 Å². The quantitative estimate of drug-likeness (QED) is 0.428. The number of halogens is 1. The van der Waals surface area contributed by atoms with Crippen LogP contribution in [0.1, 0.15) is 31.7 Å². The van der Waals surface area contributed by atoms with Crippen molar-refractivity contribution < 1.29 is 9.53 Å². The molecule has 2 aliphatic rings. The fourth-order valence-corrected chi connectivity index (χ4v) is 4.17. The molecular weight excluding hydrogens is 412 g/mol. The Morgan fingerprint density at radius 3 is 2.71 bits per heavy atom. The lowest BCUT2D eigenvalue weighted by Crippen LogP contribution is -2.47. The summed E-state index contributed by atoms with van der Waals surface area (Å²) in [7, 11) is 0. The minimum Gasteiger partial charge on any atom is -0.450 e. The summed E-state index contributed by atoms with van der Waals surface area (Å²) < 4.78 is 5.18. The Hall–Kier alpha value is -2.82. The molecule has 1 saturated heterocycles. The van der Waals surface area contributed by atoms with Gasteiger partial charge in [-0.1, -0.05) is 48.0 Å². The smallest absolute Gasteiger partial charge is 0.409 e. The van der Waals surface area contributed by atoms with Crippen LogP contribution in [-0.4, -0.2) is 47.9 Å². The largest absolute Gasteiger partial charge is 0.450 e. The highest BCUT2D eigenvalue weighted by atomic mass is 35.5. The van der Waals surface area contributed by atoms with E-state index < -0.39 is 0 Å². The van der Waals surface area contributed by atoms with E-state index >= 15 is 0 Å². The maximum atomic E-state index is 12.2. The van der Waals surface area contributed by atoms with Crippen LogP contribution in [0.2, 0.25) is 5.02 Å². The number of carbonyl (C=O) groups excluding carboxylic acids is 1. The molecule has 0 aromatic heterocycles. The predicted molar refractivity (Wildman–Crippen MR) is 125 cm³/mol. The number of piperidine rings is 1. The Morgan fingerprint density at radius 2 is 2.10 bits per heavy atom. The highest BCUT2D eigenvalue weighted by molar-refractivity contribution is 6.30. The van der Waals surface area contributed by atoms with Crippen LogP contribution in [0.4, 0.5) is 4.79 Å². The maximum Gasteiger partial charge on any atom is 0.409 e. The number of benzene rings is 1. The Balaban J connectivity index is 1.78. The van der Waals surface area contributed by atoms with Gasteiger partial charge in [-0.25, -0.2) is 4.79 Å². The Morgan fingerprint density at radius 1 is 1.35 bits per heavy atom. The molecule has 1 amide bonds. The van der Waals surface area contributed by atoms with Crippen molar-refractivity contribution in [2.75, 3.05) is 19.7 Å². The van der Waals surface area contributed by atoms with Crippen LogP contribution in [0.3, 0.4) is 0 Å². The van der Waals surface area contributed by atoms with Crippen LogP contribution in [0.25, 0.3) is 0 Å². The molecule has 1 heterocycles. The molecule has 1 aromatic rings. The van der Waals surface area contributed by atoms with Gasteiger partial charge in [0.05, 0.1) is 13.2 Å². The molecule has 1 fully saturated rings. The molecule has 31 heavy (non-hydrogen) atoms. The van der Waals surface area contributed by atoms with Gasteiger partial charge in [-0.05, 0) is 56.4 Å².